The van der Waals surface area contributed by atoms with Crippen LogP contribution in [0.5, 0.6) is 11.5 Å². The summed E-state index contributed by atoms with van der Waals surface area (Å²) in [6.07, 6.45) is 1.61. The van der Waals surface area contributed by atoms with E-state index in [-0.39, 0.29) is 23.8 Å². The molecule has 196 valence electrons. The molecule has 0 saturated heterocycles. The Balaban J connectivity index is 1.56. The maximum atomic E-state index is 12.8. The largest absolute Gasteiger partial charge is 0.508 e. The van der Waals surface area contributed by atoms with Crippen LogP contribution in [0.3, 0.4) is 0 Å². The lowest BCUT2D eigenvalue weighted by Gasteiger charge is -2.16. The van der Waals surface area contributed by atoms with Crippen molar-refractivity contribution >= 4 is 60.4 Å². The molecular formula is C26H28Br2N4O5. The van der Waals surface area contributed by atoms with E-state index in [1.54, 1.807) is 30.3 Å². The van der Waals surface area contributed by atoms with Gasteiger partial charge in [-0.25, -0.2) is 0 Å². The number of ether oxygens (including phenoxy) is 1. The van der Waals surface area contributed by atoms with Crippen LogP contribution in [-0.2, 0) is 16.0 Å². The molecule has 0 bridgehead atoms. The number of rotatable bonds is 12. The number of carbonyl (C=O) groups excluding carboxylic acids is 3. The van der Waals surface area contributed by atoms with Crippen molar-refractivity contribution in [1.29, 1.82) is 0 Å². The molecule has 0 aliphatic rings. The van der Waals surface area contributed by atoms with Gasteiger partial charge in [-0.05, 0) is 81.9 Å². The average Bonchev–Trinajstić information content (AvgIpc) is 2.86. The number of hydrogen-bond donors (Lipinski definition) is 5. The van der Waals surface area contributed by atoms with Crippen LogP contribution >= 0.6 is 31.9 Å². The number of primary amides is 1. The number of carbonyl (C=O) groups is 3. The molecule has 11 heteroatoms. The summed E-state index contributed by atoms with van der Waals surface area (Å²) in [6, 6.07) is 13.2. The lowest BCUT2D eigenvalue weighted by molar-refractivity contribution is -0.122. The van der Waals surface area contributed by atoms with Crippen molar-refractivity contribution in [2.45, 2.75) is 25.3 Å². The number of aromatic hydroxyl groups is 1. The van der Waals surface area contributed by atoms with Crippen molar-refractivity contribution in [2.24, 2.45) is 11.5 Å². The molecule has 3 aromatic rings. The fraction of sp³-hybridized carbons (Fsp3) is 0.269. The van der Waals surface area contributed by atoms with Crippen molar-refractivity contribution in [3.05, 3.63) is 68.6 Å². The van der Waals surface area contributed by atoms with Gasteiger partial charge in [0.2, 0.25) is 11.8 Å². The average molecular weight is 636 g/mol. The Morgan fingerprint density at radius 2 is 1.73 bits per heavy atom. The minimum absolute atomic E-state index is 0.159. The summed E-state index contributed by atoms with van der Waals surface area (Å²) < 4.78 is 7.46. The van der Waals surface area contributed by atoms with E-state index < -0.39 is 17.9 Å². The van der Waals surface area contributed by atoms with Gasteiger partial charge in [0, 0.05) is 11.0 Å². The van der Waals surface area contributed by atoms with Crippen LogP contribution in [0.25, 0.3) is 10.8 Å². The Bertz CT molecular complexity index is 1280. The van der Waals surface area contributed by atoms with Gasteiger partial charge in [-0.2, -0.15) is 0 Å². The highest BCUT2D eigenvalue weighted by Gasteiger charge is 2.20. The zero-order valence-corrected chi connectivity index (χ0v) is 23.1. The van der Waals surface area contributed by atoms with Gasteiger partial charge >= 0.3 is 0 Å². The molecule has 7 N–H and O–H groups in total. The zero-order valence-electron chi connectivity index (χ0n) is 19.9. The van der Waals surface area contributed by atoms with Gasteiger partial charge in [0.25, 0.3) is 5.91 Å². The second kappa shape index (κ2) is 13.4. The van der Waals surface area contributed by atoms with E-state index in [4.69, 9.17) is 16.2 Å². The summed E-state index contributed by atoms with van der Waals surface area (Å²) in [5, 5.41) is 16.3. The first-order valence-corrected chi connectivity index (χ1v) is 13.2. The standard InChI is InChI=1S/C26H28Br2N4O5/c27-17-5-8-19-16(12-17)13-20(25(35)32-14-22(30)34)24(23(19)28)37-10-2-1-9-31-26(36)21(29)11-15-3-6-18(33)7-4-15/h3-8,12-13,21,33H,1-2,9-11,14,29H2,(H2,30,34)(H,31,36)(H,32,35). The smallest absolute Gasteiger partial charge is 0.255 e. The molecule has 0 heterocycles. The predicted octanol–water partition coefficient (Wildman–Crippen LogP) is 3.13. The molecule has 0 radical (unpaired) electrons. The number of hydrogen-bond acceptors (Lipinski definition) is 6. The van der Waals surface area contributed by atoms with Gasteiger partial charge in [0.1, 0.15) is 11.5 Å². The van der Waals surface area contributed by atoms with E-state index in [9.17, 15) is 19.5 Å². The first-order valence-electron chi connectivity index (χ1n) is 11.6. The third kappa shape index (κ3) is 8.17. The van der Waals surface area contributed by atoms with Crippen molar-refractivity contribution in [1.82, 2.24) is 10.6 Å². The first-order chi connectivity index (χ1) is 17.7. The molecule has 0 fully saturated rings. The van der Waals surface area contributed by atoms with Gasteiger partial charge in [0.15, 0.2) is 0 Å². The minimum Gasteiger partial charge on any atom is -0.508 e. The summed E-state index contributed by atoms with van der Waals surface area (Å²) in [7, 11) is 0. The molecule has 1 atom stereocenters. The predicted molar refractivity (Wildman–Crippen MR) is 148 cm³/mol. The maximum absolute atomic E-state index is 12.8. The van der Waals surface area contributed by atoms with Crippen molar-refractivity contribution < 1.29 is 24.2 Å². The number of nitrogens with two attached hydrogens (primary N) is 2. The fourth-order valence-corrected chi connectivity index (χ4v) is 4.68. The van der Waals surface area contributed by atoms with E-state index in [1.807, 2.05) is 18.2 Å². The van der Waals surface area contributed by atoms with E-state index in [1.165, 1.54) is 0 Å². The van der Waals surface area contributed by atoms with Gasteiger partial charge in [0.05, 0.1) is 29.2 Å². The third-order valence-electron chi connectivity index (χ3n) is 5.51. The third-order valence-corrected chi connectivity index (χ3v) is 6.79. The molecule has 1 unspecified atom stereocenters. The maximum Gasteiger partial charge on any atom is 0.255 e. The van der Waals surface area contributed by atoms with Crippen LogP contribution in [0.2, 0.25) is 0 Å². The number of benzene rings is 3. The summed E-state index contributed by atoms with van der Waals surface area (Å²) in [5.41, 5.74) is 12.3. The van der Waals surface area contributed by atoms with Crippen LogP contribution in [0.15, 0.2) is 57.5 Å². The molecule has 3 aromatic carbocycles. The molecule has 0 aromatic heterocycles. The van der Waals surface area contributed by atoms with Crippen LogP contribution < -0.4 is 26.8 Å². The highest BCUT2D eigenvalue weighted by molar-refractivity contribution is 9.11. The molecule has 0 aliphatic carbocycles. The molecule has 3 amide bonds. The minimum atomic E-state index is -0.698. The first kappa shape index (κ1) is 28.4. The van der Waals surface area contributed by atoms with E-state index >= 15 is 0 Å². The lowest BCUT2D eigenvalue weighted by Crippen LogP contribution is -2.42. The molecular weight excluding hydrogens is 608 g/mol. The Kier molecular flexibility index (Phi) is 10.3. The second-order valence-electron chi connectivity index (χ2n) is 8.41. The van der Waals surface area contributed by atoms with Crippen molar-refractivity contribution in [3.8, 4) is 11.5 Å². The van der Waals surface area contributed by atoms with E-state index in [0.717, 1.165) is 20.8 Å². The summed E-state index contributed by atoms with van der Waals surface area (Å²) in [4.78, 5) is 36.2. The summed E-state index contributed by atoms with van der Waals surface area (Å²) in [6.45, 7) is 0.428. The molecule has 3 rings (SSSR count). The van der Waals surface area contributed by atoms with Gasteiger partial charge in [-0.3, -0.25) is 14.4 Å². The van der Waals surface area contributed by atoms with Crippen LogP contribution in [0, 0.1) is 0 Å². The topological polar surface area (TPSA) is 157 Å². The zero-order chi connectivity index (χ0) is 26.9. The van der Waals surface area contributed by atoms with Crippen LogP contribution in [-0.4, -0.2) is 48.6 Å². The highest BCUT2D eigenvalue weighted by atomic mass is 79.9. The van der Waals surface area contributed by atoms with Crippen LogP contribution in [0.4, 0.5) is 0 Å². The molecule has 0 saturated carbocycles. The quantitative estimate of drug-likeness (QED) is 0.193. The number of phenolic OH excluding ortho intramolecular Hbond substituents is 1. The molecule has 9 nitrogen and oxygen atoms in total. The van der Waals surface area contributed by atoms with E-state index in [0.29, 0.717) is 42.6 Å². The number of unbranched alkanes of at least 4 members (excludes halogenated alkanes) is 1. The molecule has 37 heavy (non-hydrogen) atoms. The molecule has 0 aliphatic heterocycles. The number of halogens is 2. The SMILES string of the molecule is NC(=O)CNC(=O)c1cc2cc(Br)ccc2c(Br)c1OCCCCNC(=O)C(N)Cc1ccc(O)cc1. The number of phenols is 1. The van der Waals surface area contributed by atoms with Crippen LogP contribution in [0.1, 0.15) is 28.8 Å². The Morgan fingerprint density at radius 1 is 1.00 bits per heavy atom. The lowest BCUT2D eigenvalue weighted by atomic mass is 10.1. The van der Waals surface area contributed by atoms with Crippen molar-refractivity contribution in [3.63, 3.8) is 0 Å². The summed E-state index contributed by atoms with van der Waals surface area (Å²) in [5.74, 6) is -0.872. The molecule has 0 spiro atoms. The second-order valence-corrected chi connectivity index (χ2v) is 10.1. The number of amides is 3. The van der Waals surface area contributed by atoms with Gasteiger partial charge < -0.3 is 31.9 Å². The van der Waals surface area contributed by atoms with Gasteiger partial charge in [-0.1, -0.05) is 34.1 Å². The number of nitrogens with one attached hydrogen (secondary N) is 2. The fourth-order valence-electron chi connectivity index (χ4n) is 3.61. The Morgan fingerprint density at radius 3 is 2.43 bits per heavy atom. The summed E-state index contributed by atoms with van der Waals surface area (Å²) >= 11 is 6.99. The Labute approximate surface area is 231 Å². The normalized spacial score (nSPS) is 11.6. The number of fused-ring (bicyclic) bond motifs is 1. The highest BCUT2D eigenvalue weighted by Crippen LogP contribution is 2.38. The Hall–Kier alpha value is -3.15. The monoisotopic (exact) mass is 634 g/mol. The van der Waals surface area contributed by atoms with E-state index in [2.05, 4.69) is 42.5 Å². The van der Waals surface area contributed by atoms with Crippen molar-refractivity contribution in [2.75, 3.05) is 19.7 Å². The van der Waals surface area contributed by atoms with Gasteiger partial charge in [-0.15, -0.1) is 0 Å².